The van der Waals surface area contributed by atoms with Gasteiger partial charge in [0.1, 0.15) is 5.75 Å². The van der Waals surface area contributed by atoms with E-state index in [2.05, 4.69) is 44.1 Å². The van der Waals surface area contributed by atoms with E-state index in [9.17, 15) is 13.9 Å². The van der Waals surface area contributed by atoms with Gasteiger partial charge in [0.15, 0.2) is 5.96 Å². The number of nitrogens with one attached hydrogen (secondary N) is 2. The molecule has 178 valence electrons. The summed E-state index contributed by atoms with van der Waals surface area (Å²) in [5, 5.41) is 16.7. The van der Waals surface area contributed by atoms with Gasteiger partial charge < -0.3 is 30.3 Å². The third-order valence-electron chi connectivity index (χ3n) is 5.02. The normalized spacial score (nSPS) is 17.7. The van der Waals surface area contributed by atoms with Crippen molar-refractivity contribution in [3.63, 3.8) is 0 Å². The van der Waals surface area contributed by atoms with Crippen LogP contribution >= 0.6 is 24.0 Å². The quantitative estimate of drug-likeness (QED) is 0.234. The highest BCUT2D eigenvalue weighted by atomic mass is 127. The summed E-state index contributed by atoms with van der Waals surface area (Å²) in [5.41, 5.74) is 0.614. The topological polar surface area (TPSA) is 72.4 Å². The molecular weight excluding hydrogens is 519 g/mol. The van der Waals surface area contributed by atoms with Crippen LogP contribution in [0.15, 0.2) is 29.3 Å². The van der Waals surface area contributed by atoms with Gasteiger partial charge in [0, 0.05) is 52.4 Å². The lowest BCUT2D eigenvalue weighted by molar-refractivity contribution is -0.0498. The van der Waals surface area contributed by atoms with Crippen LogP contribution in [0, 0.1) is 5.92 Å². The molecule has 2 unspecified atom stereocenters. The van der Waals surface area contributed by atoms with Gasteiger partial charge in [0.25, 0.3) is 0 Å². The summed E-state index contributed by atoms with van der Waals surface area (Å²) in [6, 6.07) is 5.99. The number of aliphatic hydroxyl groups is 1. The van der Waals surface area contributed by atoms with Crippen LogP contribution in [0.2, 0.25) is 0 Å². The molecule has 0 amide bonds. The third kappa shape index (κ3) is 10.8. The monoisotopic (exact) mass is 555 g/mol. The highest BCUT2D eigenvalue weighted by molar-refractivity contribution is 14.0. The van der Waals surface area contributed by atoms with Crippen LogP contribution in [0.1, 0.15) is 25.5 Å². The van der Waals surface area contributed by atoms with Crippen molar-refractivity contribution in [2.45, 2.75) is 26.6 Å². The Hall–Kier alpha value is -1.24. The van der Waals surface area contributed by atoms with Crippen molar-refractivity contribution in [2.75, 3.05) is 59.4 Å². The summed E-state index contributed by atoms with van der Waals surface area (Å²) in [6.45, 7) is 8.41. The van der Waals surface area contributed by atoms with Crippen molar-refractivity contribution in [2.24, 2.45) is 10.9 Å². The molecule has 1 saturated heterocycles. The van der Waals surface area contributed by atoms with E-state index < -0.39 is 12.7 Å². The van der Waals surface area contributed by atoms with Gasteiger partial charge in [-0.05, 0) is 37.6 Å². The van der Waals surface area contributed by atoms with Crippen molar-refractivity contribution in [1.29, 1.82) is 0 Å². The lowest BCUT2D eigenvalue weighted by Crippen LogP contribution is -2.46. The van der Waals surface area contributed by atoms with E-state index in [0.717, 1.165) is 32.7 Å². The molecule has 10 heteroatoms. The Morgan fingerprint density at radius 3 is 2.39 bits per heavy atom. The minimum absolute atomic E-state index is 0. The molecule has 1 heterocycles. The number of aliphatic imine (C=N–C) groups is 1. The molecule has 2 rings (SSSR count). The van der Waals surface area contributed by atoms with Crippen LogP contribution in [-0.4, -0.2) is 86.9 Å². The van der Waals surface area contributed by atoms with E-state index >= 15 is 0 Å². The second-order valence-corrected chi connectivity index (χ2v) is 7.77. The number of hydrogen-bond donors (Lipinski definition) is 3. The molecule has 1 aliphatic rings. The number of benzene rings is 1. The van der Waals surface area contributed by atoms with E-state index in [1.54, 1.807) is 12.1 Å². The van der Waals surface area contributed by atoms with Crippen LogP contribution in [0.4, 0.5) is 8.78 Å². The summed E-state index contributed by atoms with van der Waals surface area (Å²) in [5.74, 6) is 1.15. The lowest BCUT2D eigenvalue weighted by atomic mass is 10.1. The van der Waals surface area contributed by atoms with Crippen LogP contribution in [-0.2, 0) is 0 Å². The van der Waals surface area contributed by atoms with Crippen LogP contribution < -0.4 is 15.4 Å². The van der Waals surface area contributed by atoms with Crippen LogP contribution in [0.5, 0.6) is 5.75 Å². The van der Waals surface area contributed by atoms with E-state index in [0.29, 0.717) is 30.5 Å². The van der Waals surface area contributed by atoms with Gasteiger partial charge in [-0.1, -0.05) is 19.1 Å². The van der Waals surface area contributed by atoms with Gasteiger partial charge in [0.05, 0.1) is 6.10 Å². The first-order valence-corrected chi connectivity index (χ1v) is 10.5. The lowest BCUT2D eigenvalue weighted by Gasteiger charge is -2.33. The molecule has 1 aromatic carbocycles. The summed E-state index contributed by atoms with van der Waals surface area (Å²) in [6.07, 6.45) is -0.794. The van der Waals surface area contributed by atoms with Gasteiger partial charge >= 0.3 is 6.61 Å². The number of rotatable bonds is 10. The second kappa shape index (κ2) is 14.8. The van der Waals surface area contributed by atoms with Crippen LogP contribution in [0.3, 0.4) is 0 Å². The number of alkyl halides is 2. The van der Waals surface area contributed by atoms with Gasteiger partial charge in [-0.15, -0.1) is 24.0 Å². The molecule has 0 aromatic heterocycles. The SMILES string of the molecule is CCNC(=NCC(C)CN1CCN(C)CC1)NCC(O)c1ccc(OC(F)F)cc1.I. The summed E-state index contributed by atoms with van der Waals surface area (Å²) in [7, 11) is 2.15. The zero-order valence-corrected chi connectivity index (χ0v) is 20.9. The average Bonchev–Trinajstić information content (AvgIpc) is 2.71. The van der Waals surface area contributed by atoms with E-state index in [1.807, 2.05) is 6.92 Å². The predicted molar refractivity (Wildman–Crippen MR) is 131 cm³/mol. The fourth-order valence-electron chi connectivity index (χ4n) is 3.30. The standard InChI is InChI=1S/C21H35F2N5O2.HI/c1-4-24-21(25-13-16(2)15-28-11-9-27(3)10-12-28)26-14-19(29)17-5-7-18(8-6-17)30-20(22)23;/h5-8,16,19-20,29H,4,9-15H2,1-3H3,(H2,24,25,26);1H. The Kier molecular flexibility index (Phi) is 13.2. The molecule has 31 heavy (non-hydrogen) atoms. The maximum absolute atomic E-state index is 12.2. The van der Waals surface area contributed by atoms with Crippen molar-refractivity contribution in [3.8, 4) is 5.75 Å². The van der Waals surface area contributed by atoms with Gasteiger partial charge in [-0.2, -0.15) is 8.78 Å². The van der Waals surface area contributed by atoms with Crippen molar-refractivity contribution in [1.82, 2.24) is 20.4 Å². The van der Waals surface area contributed by atoms with Crippen molar-refractivity contribution in [3.05, 3.63) is 29.8 Å². The Morgan fingerprint density at radius 1 is 1.16 bits per heavy atom. The third-order valence-corrected chi connectivity index (χ3v) is 5.02. The summed E-state index contributed by atoms with van der Waals surface area (Å²) < 4.78 is 28.8. The largest absolute Gasteiger partial charge is 0.435 e. The number of aliphatic hydroxyl groups excluding tert-OH is 1. The molecule has 0 saturated carbocycles. The van der Waals surface area contributed by atoms with Gasteiger partial charge in [-0.25, -0.2) is 0 Å². The molecule has 1 aromatic rings. The number of piperazine rings is 1. The predicted octanol–water partition coefficient (Wildman–Crippen LogP) is 2.38. The molecule has 0 bridgehead atoms. The average molecular weight is 555 g/mol. The molecule has 3 N–H and O–H groups in total. The number of hydrogen-bond acceptors (Lipinski definition) is 5. The Morgan fingerprint density at radius 2 is 1.81 bits per heavy atom. The zero-order chi connectivity index (χ0) is 21.9. The summed E-state index contributed by atoms with van der Waals surface area (Å²) in [4.78, 5) is 9.47. The number of halogens is 3. The number of likely N-dealkylation sites (N-methyl/N-ethyl adjacent to an activating group) is 1. The number of nitrogens with zero attached hydrogens (tertiary/aromatic N) is 3. The molecule has 0 spiro atoms. The minimum Gasteiger partial charge on any atom is -0.435 e. The Bertz CT molecular complexity index is 643. The zero-order valence-electron chi connectivity index (χ0n) is 18.6. The molecule has 2 atom stereocenters. The maximum Gasteiger partial charge on any atom is 0.387 e. The molecule has 1 aliphatic heterocycles. The fourth-order valence-corrected chi connectivity index (χ4v) is 3.30. The Labute approximate surface area is 201 Å². The fraction of sp³-hybridized carbons (Fsp3) is 0.667. The molecule has 0 aliphatic carbocycles. The van der Waals surface area contributed by atoms with Crippen LogP contribution in [0.25, 0.3) is 0 Å². The first-order valence-electron chi connectivity index (χ1n) is 10.5. The molecule has 1 fully saturated rings. The minimum atomic E-state index is -2.86. The first kappa shape index (κ1) is 27.8. The highest BCUT2D eigenvalue weighted by Crippen LogP contribution is 2.19. The highest BCUT2D eigenvalue weighted by Gasteiger charge is 2.16. The molecule has 7 nitrogen and oxygen atoms in total. The van der Waals surface area contributed by atoms with Crippen molar-refractivity contribution >= 4 is 29.9 Å². The molecule has 0 radical (unpaired) electrons. The second-order valence-electron chi connectivity index (χ2n) is 7.77. The Balaban J connectivity index is 0.00000480. The number of guanidine groups is 1. The maximum atomic E-state index is 12.2. The van der Waals surface area contributed by atoms with Gasteiger partial charge in [0.2, 0.25) is 0 Å². The summed E-state index contributed by atoms with van der Waals surface area (Å²) >= 11 is 0. The molecular formula is C21H36F2IN5O2. The van der Waals surface area contributed by atoms with Gasteiger partial charge in [-0.3, -0.25) is 4.99 Å². The smallest absolute Gasteiger partial charge is 0.387 e. The van der Waals surface area contributed by atoms with E-state index in [1.165, 1.54) is 12.1 Å². The van der Waals surface area contributed by atoms with E-state index in [4.69, 9.17) is 0 Å². The van der Waals surface area contributed by atoms with E-state index in [-0.39, 0.29) is 36.3 Å². The van der Waals surface area contributed by atoms with Crippen molar-refractivity contribution < 1.29 is 18.6 Å². The number of ether oxygens (including phenoxy) is 1. The first-order chi connectivity index (χ1) is 14.4.